The number of hydrogen-bond acceptors (Lipinski definition) is 3. The molecule has 0 radical (unpaired) electrons. The van der Waals surface area contributed by atoms with Crippen molar-refractivity contribution in [2.45, 2.75) is 45.7 Å². The molecule has 4 heteroatoms. The zero-order valence-corrected chi connectivity index (χ0v) is 12.5. The van der Waals surface area contributed by atoms with Crippen LogP contribution in [0.5, 0.6) is 0 Å². The zero-order valence-electron chi connectivity index (χ0n) is 12.5. The SMILES string of the molecule is CC(C)CC(CO)NCc1ccc(C(C)C(=O)O)cc1. The van der Waals surface area contributed by atoms with Gasteiger partial charge in [-0.1, -0.05) is 38.1 Å². The van der Waals surface area contributed by atoms with Crippen molar-refractivity contribution in [3.05, 3.63) is 35.4 Å². The highest BCUT2D eigenvalue weighted by molar-refractivity contribution is 5.75. The van der Waals surface area contributed by atoms with Crippen molar-refractivity contribution in [1.82, 2.24) is 5.32 Å². The number of aliphatic carboxylic acids is 1. The second-order valence-corrected chi connectivity index (χ2v) is 5.69. The maximum Gasteiger partial charge on any atom is 0.310 e. The van der Waals surface area contributed by atoms with Crippen LogP contribution in [0.2, 0.25) is 0 Å². The van der Waals surface area contributed by atoms with Crippen molar-refractivity contribution in [2.75, 3.05) is 6.61 Å². The third-order valence-corrected chi connectivity index (χ3v) is 3.42. The molecule has 0 saturated carbocycles. The van der Waals surface area contributed by atoms with Gasteiger partial charge in [0, 0.05) is 12.6 Å². The maximum absolute atomic E-state index is 10.9. The molecule has 2 atom stereocenters. The Hall–Kier alpha value is -1.39. The van der Waals surface area contributed by atoms with Gasteiger partial charge in [-0.05, 0) is 30.4 Å². The van der Waals surface area contributed by atoms with Crippen LogP contribution < -0.4 is 5.32 Å². The summed E-state index contributed by atoms with van der Waals surface area (Å²) in [5, 5.41) is 21.6. The molecule has 0 aliphatic rings. The summed E-state index contributed by atoms with van der Waals surface area (Å²) < 4.78 is 0. The molecule has 0 aliphatic carbocycles. The van der Waals surface area contributed by atoms with Crippen LogP contribution in [0.1, 0.15) is 44.2 Å². The Balaban J connectivity index is 2.55. The van der Waals surface area contributed by atoms with Gasteiger partial charge in [-0.3, -0.25) is 4.79 Å². The Morgan fingerprint density at radius 1 is 1.20 bits per heavy atom. The number of aliphatic hydroxyl groups excluding tert-OH is 1. The summed E-state index contributed by atoms with van der Waals surface area (Å²) in [6.45, 7) is 6.75. The summed E-state index contributed by atoms with van der Waals surface area (Å²) in [5.74, 6) is -0.755. The van der Waals surface area contributed by atoms with E-state index in [2.05, 4.69) is 19.2 Å². The van der Waals surface area contributed by atoms with Gasteiger partial charge in [0.05, 0.1) is 12.5 Å². The van der Waals surface area contributed by atoms with Crippen LogP contribution in [0.3, 0.4) is 0 Å². The molecule has 0 aliphatic heterocycles. The fraction of sp³-hybridized carbons (Fsp3) is 0.562. The van der Waals surface area contributed by atoms with Crippen LogP contribution in [0.25, 0.3) is 0 Å². The molecule has 112 valence electrons. The summed E-state index contributed by atoms with van der Waals surface area (Å²) in [5.41, 5.74) is 1.90. The minimum atomic E-state index is -0.812. The van der Waals surface area contributed by atoms with Crippen molar-refractivity contribution in [2.24, 2.45) is 5.92 Å². The third-order valence-electron chi connectivity index (χ3n) is 3.42. The summed E-state index contributed by atoms with van der Waals surface area (Å²) in [7, 11) is 0. The van der Waals surface area contributed by atoms with E-state index >= 15 is 0 Å². The Kier molecular flexibility index (Phi) is 6.68. The molecule has 0 saturated heterocycles. The number of rotatable bonds is 8. The molecule has 20 heavy (non-hydrogen) atoms. The van der Waals surface area contributed by atoms with Crippen molar-refractivity contribution < 1.29 is 15.0 Å². The Labute approximate surface area is 120 Å². The summed E-state index contributed by atoms with van der Waals surface area (Å²) in [6, 6.07) is 7.68. The van der Waals surface area contributed by atoms with Crippen LogP contribution in [-0.4, -0.2) is 28.8 Å². The van der Waals surface area contributed by atoms with Gasteiger partial charge in [-0.2, -0.15) is 0 Å². The average molecular weight is 279 g/mol. The average Bonchev–Trinajstić information content (AvgIpc) is 2.42. The van der Waals surface area contributed by atoms with Crippen LogP contribution >= 0.6 is 0 Å². The lowest BCUT2D eigenvalue weighted by atomic mass is 10.00. The van der Waals surface area contributed by atoms with Crippen LogP contribution in [0.15, 0.2) is 24.3 Å². The molecule has 0 spiro atoms. The summed E-state index contributed by atoms with van der Waals surface area (Å²) in [4.78, 5) is 10.9. The van der Waals surface area contributed by atoms with E-state index in [0.717, 1.165) is 17.5 Å². The number of hydrogen-bond donors (Lipinski definition) is 3. The number of benzene rings is 1. The molecule has 4 nitrogen and oxygen atoms in total. The lowest BCUT2D eigenvalue weighted by Gasteiger charge is -2.18. The standard InChI is InChI=1S/C16H25NO3/c1-11(2)8-15(10-18)17-9-13-4-6-14(7-5-13)12(3)16(19)20/h4-7,11-12,15,17-18H,8-10H2,1-3H3,(H,19,20). The first-order valence-corrected chi connectivity index (χ1v) is 7.10. The topological polar surface area (TPSA) is 69.6 Å². The van der Waals surface area contributed by atoms with Gasteiger partial charge in [0.15, 0.2) is 0 Å². The molecule has 2 unspecified atom stereocenters. The molecule has 1 aromatic rings. The lowest BCUT2D eigenvalue weighted by Crippen LogP contribution is -2.33. The lowest BCUT2D eigenvalue weighted by molar-refractivity contribution is -0.138. The predicted octanol–water partition coefficient (Wildman–Crippen LogP) is 2.37. The van der Waals surface area contributed by atoms with Gasteiger partial charge in [0.25, 0.3) is 0 Å². The molecular weight excluding hydrogens is 254 g/mol. The smallest absolute Gasteiger partial charge is 0.310 e. The highest BCUT2D eigenvalue weighted by Crippen LogP contribution is 2.16. The minimum absolute atomic E-state index is 0.104. The minimum Gasteiger partial charge on any atom is -0.481 e. The van der Waals surface area contributed by atoms with Crippen LogP contribution in [0.4, 0.5) is 0 Å². The molecule has 1 aromatic carbocycles. The number of carboxylic acids is 1. The number of aliphatic hydroxyl groups is 1. The molecule has 1 rings (SSSR count). The van der Waals surface area contributed by atoms with Crippen molar-refractivity contribution in [3.63, 3.8) is 0 Å². The normalized spacial score (nSPS) is 14.2. The highest BCUT2D eigenvalue weighted by Gasteiger charge is 2.13. The number of carboxylic acid groups (broad SMARTS) is 1. The zero-order chi connectivity index (χ0) is 15.1. The molecule has 0 bridgehead atoms. The first-order chi connectivity index (χ1) is 9.43. The van der Waals surface area contributed by atoms with E-state index in [9.17, 15) is 9.90 Å². The molecule has 0 fully saturated rings. The molecular formula is C16H25NO3. The van der Waals surface area contributed by atoms with E-state index in [1.165, 1.54) is 0 Å². The van der Waals surface area contributed by atoms with Gasteiger partial charge in [-0.15, -0.1) is 0 Å². The predicted molar refractivity (Wildman–Crippen MR) is 79.7 cm³/mol. The Morgan fingerprint density at radius 2 is 1.80 bits per heavy atom. The molecule has 0 heterocycles. The third kappa shape index (κ3) is 5.31. The maximum atomic E-state index is 10.9. The summed E-state index contributed by atoms with van der Waals surface area (Å²) in [6.07, 6.45) is 0.935. The largest absolute Gasteiger partial charge is 0.481 e. The van der Waals surface area contributed by atoms with Gasteiger partial charge in [0.1, 0.15) is 0 Å². The first-order valence-electron chi connectivity index (χ1n) is 7.10. The first kappa shape index (κ1) is 16.7. The fourth-order valence-corrected chi connectivity index (χ4v) is 2.12. The van der Waals surface area contributed by atoms with E-state index in [4.69, 9.17) is 5.11 Å². The van der Waals surface area contributed by atoms with Crippen molar-refractivity contribution in [3.8, 4) is 0 Å². The number of nitrogens with one attached hydrogen (secondary N) is 1. The van der Waals surface area contributed by atoms with Gasteiger partial charge < -0.3 is 15.5 Å². The quantitative estimate of drug-likeness (QED) is 0.683. The van der Waals surface area contributed by atoms with Gasteiger partial charge in [0.2, 0.25) is 0 Å². The molecule has 3 N–H and O–H groups in total. The second kappa shape index (κ2) is 8.02. The van der Waals surface area contributed by atoms with Crippen molar-refractivity contribution in [1.29, 1.82) is 0 Å². The van der Waals surface area contributed by atoms with E-state index in [0.29, 0.717) is 12.5 Å². The van der Waals surface area contributed by atoms with Gasteiger partial charge >= 0.3 is 5.97 Å². The molecule has 0 amide bonds. The van der Waals surface area contributed by atoms with Crippen LogP contribution in [-0.2, 0) is 11.3 Å². The van der Waals surface area contributed by atoms with E-state index in [1.54, 1.807) is 6.92 Å². The van der Waals surface area contributed by atoms with Gasteiger partial charge in [-0.25, -0.2) is 0 Å². The van der Waals surface area contributed by atoms with E-state index in [-0.39, 0.29) is 12.6 Å². The fourth-order valence-electron chi connectivity index (χ4n) is 2.12. The van der Waals surface area contributed by atoms with Crippen molar-refractivity contribution >= 4 is 5.97 Å². The van der Waals surface area contributed by atoms with E-state index in [1.807, 2.05) is 24.3 Å². The number of carbonyl (C=O) groups is 1. The monoisotopic (exact) mass is 279 g/mol. The van der Waals surface area contributed by atoms with E-state index < -0.39 is 11.9 Å². The van der Waals surface area contributed by atoms with Crippen LogP contribution in [0, 0.1) is 5.92 Å². The Morgan fingerprint density at radius 3 is 2.25 bits per heavy atom. The molecule has 0 aromatic heterocycles. The Bertz CT molecular complexity index is 414. The summed E-state index contributed by atoms with van der Waals surface area (Å²) >= 11 is 0. The second-order valence-electron chi connectivity index (χ2n) is 5.69. The highest BCUT2D eigenvalue weighted by atomic mass is 16.4.